The number of nitrogens with one attached hydrogen (secondary N) is 2. The van der Waals surface area contributed by atoms with Gasteiger partial charge in [-0.2, -0.15) is 13.2 Å². The highest BCUT2D eigenvalue weighted by atomic mass is 19.4. The fraction of sp³-hybridized carbons (Fsp3) is 0.737. The number of amides is 1. The van der Waals surface area contributed by atoms with Crippen molar-refractivity contribution in [3.05, 3.63) is 12.2 Å². The van der Waals surface area contributed by atoms with E-state index in [4.69, 9.17) is 14.6 Å². The summed E-state index contributed by atoms with van der Waals surface area (Å²) >= 11 is 0. The highest BCUT2D eigenvalue weighted by Gasteiger charge is 2.44. The number of halogens is 3. The quantitative estimate of drug-likeness (QED) is 0.427. The summed E-state index contributed by atoms with van der Waals surface area (Å²) in [5.74, 6) is -3.47. The highest BCUT2D eigenvalue weighted by molar-refractivity contribution is 5.75. The summed E-state index contributed by atoms with van der Waals surface area (Å²) in [5, 5.41) is 22.6. The number of hydrogen-bond donors (Lipinski definition) is 4. The summed E-state index contributed by atoms with van der Waals surface area (Å²) in [6, 6.07) is -1.06. The van der Waals surface area contributed by atoms with Crippen molar-refractivity contribution in [3.63, 3.8) is 0 Å². The number of alkyl halides is 3. The summed E-state index contributed by atoms with van der Waals surface area (Å²) in [5.41, 5.74) is 0. The maximum atomic E-state index is 11.7. The van der Waals surface area contributed by atoms with E-state index in [0.29, 0.717) is 6.42 Å². The van der Waals surface area contributed by atoms with Crippen LogP contribution >= 0.6 is 0 Å². The number of carboxylic acids is 2. The smallest absolute Gasteiger partial charge is 0.480 e. The molecule has 30 heavy (non-hydrogen) atoms. The van der Waals surface area contributed by atoms with Gasteiger partial charge in [-0.15, -0.1) is 0 Å². The first-order chi connectivity index (χ1) is 13.8. The summed E-state index contributed by atoms with van der Waals surface area (Å²) < 4.78 is 37.4. The third-order valence-corrected chi connectivity index (χ3v) is 4.93. The van der Waals surface area contributed by atoms with Crippen molar-refractivity contribution < 1.29 is 42.5 Å². The van der Waals surface area contributed by atoms with Crippen molar-refractivity contribution in [2.24, 2.45) is 11.8 Å². The first kappa shape index (κ1) is 27.9. The second-order valence-electron chi connectivity index (χ2n) is 7.12. The van der Waals surface area contributed by atoms with Crippen molar-refractivity contribution in [1.82, 2.24) is 10.6 Å². The molecule has 0 aromatic carbocycles. The van der Waals surface area contributed by atoms with E-state index in [1.807, 2.05) is 19.1 Å². The minimum Gasteiger partial charge on any atom is -0.480 e. The van der Waals surface area contributed by atoms with Crippen LogP contribution < -0.4 is 10.6 Å². The van der Waals surface area contributed by atoms with Crippen molar-refractivity contribution >= 4 is 17.8 Å². The summed E-state index contributed by atoms with van der Waals surface area (Å²) in [6.45, 7) is 7.55. The molecule has 1 heterocycles. The van der Waals surface area contributed by atoms with Crippen LogP contribution in [0.5, 0.6) is 0 Å². The molecule has 2 unspecified atom stereocenters. The number of methoxy groups -OCH3 is 1. The molecule has 0 bridgehead atoms. The fourth-order valence-corrected chi connectivity index (χ4v) is 3.41. The van der Waals surface area contributed by atoms with Gasteiger partial charge in [0.1, 0.15) is 6.04 Å². The average Bonchev–Trinajstić information content (AvgIpc) is 3.05. The largest absolute Gasteiger partial charge is 0.490 e. The topological polar surface area (TPSA) is 125 Å². The molecule has 1 fully saturated rings. The second-order valence-corrected chi connectivity index (χ2v) is 7.12. The van der Waals surface area contributed by atoms with Gasteiger partial charge in [-0.3, -0.25) is 14.9 Å². The van der Waals surface area contributed by atoms with E-state index >= 15 is 0 Å². The molecule has 8 nitrogen and oxygen atoms in total. The van der Waals surface area contributed by atoms with E-state index in [1.165, 1.54) is 6.92 Å². The Morgan fingerprint density at radius 3 is 2.17 bits per heavy atom. The summed E-state index contributed by atoms with van der Waals surface area (Å²) in [6.07, 6.45) is 0.106. The van der Waals surface area contributed by atoms with E-state index < -0.39 is 24.2 Å². The lowest BCUT2D eigenvalue weighted by atomic mass is 9.85. The fourth-order valence-electron chi connectivity index (χ4n) is 3.41. The molecule has 6 atom stereocenters. The van der Waals surface area contributed by atoms with Crippen LogP contribution in [0.15, 0.2) is 12.2 Å². The molecule has 0 aromatic heterocycles. The third-order valence-electron chi connectivity index (χ3n) is 4.93. The number of carboxylic acid groups (broad SMARTS) is 2. The molecule has 0 saturated carbocycles. The lowest BCUT2D eigenvalue weighted by molar-refractivity contribution is -0.192. The Balaban J connectivity index is 0.00000103. The number of allylic oxidation sites excluding steroid dienone is 1. The highest BCUT2D eigenvalue weighted by Crippen LogP contribution is 2.29. The average molecular weight is 440 g/mol. The molecule has 0 spiro atoms. The minimum absolute atomic E-state index is 0.0413. The van der Waals surface area contributed by atoms with Gasteiger partial charge in [0.05, 0.1) is 12.1 Å². The van der Waals surface area contributed by atoms with Crippen molar-refractivity contribution in [3.8, 4) is 0 Å². The number of ether oxygens (including phenoxy) is 1. The van der Waals surface area contributed by atoms with Gasteiger partial charge in [0, 0.05) is 20.1 Å². The SMILES string of the molecule is C/C=C\[C@@H]1C[C@H](C(=O)O)N[C@H]1[C@@H](NC(C)=O)C(OC)C(C)CC.O=C(O)C(F)(F)F. The number of rotatable bonds is 8. The van der Waals surface area contributed by atoms with Crippen LogP contribution in [0.2, 0.25) is 0 Å². The van der Waals surface area contributed by atoms with Crippen LogP contribution in [0.25, 0.3) is 0 Å². The van der Waals surface area contributed by atoms with E-state index in [1.54, 1.807) is 7.11 Å². The van der Waals surface area contributed by atoms with Gasteiger partial charge in [-0.1, -0.05) is 32.4 Å². The van der Waals surface area contributed by atoms with E-state index in [0.717, 1.165) is 6.42 Å². The first-order valence-electron chi connectivity index (χ1n) is 9.51. The molecule has 0 aliphatic carbocycles. The van der Waals surface area contributed by atoms with E-state index in [9.17, 15) is 27.9 Å². The molecule has 1 aliphatic heterocycles. The first-order valence-corrected chi connectivity index (χ1v) is 9.51. The van der Waals surface area contributed by atoms with Gasteiger partial charge in [0.2, 0.25) is 5.91 Å². The zero-order valence-electron chi connectivity index (χ0n) is 17.7. The standard InChI is InChI=1S/C17H30N2O4.C2HF3O2/c1-6-8-12-9-13(17(21)22)19-14(12)15(18-11(4)20)16(23-5)10(3)7-2;3-2(4,5)1(6)7/h6,8,10,12-16,19H,7,9H2,1-5H3,(H,18,20)(H,21,22);(H,6,7)/b8-6-;/t10?,12-,13-,14-,15-,16?;/m1./s1. The van der Waals surface area contributed by atoms with E-state index in [2.05, 4.69) is 24.5 Å². The predicted molar refractivity (Wildman–Crippen MR) is 103 cm³/mol. The lowest BCUT2D eigenvalue weighted by Gasteiger charge is -2.36. The van der Waals surface area contributed by atoms with Crippen LogP contribution in [0.3, 0.4) is 0 Å². The van der Waals surface area contributed by atoms with Gasteiger partial charge in [0.15, 0.2) is 0 Å². The normalized spacial score (nSPS) is 24.5. The van der Waals surface area contributed by atoms with Crippen LogP contribution in [0, 0.1) is 11.8 Å². The molecule has 1 aliphatic rings. The maximum Gasteiger partial charge on any atom is 0.490 e. The molecular formula is C19H31F3N2O6. The summed E-state index contributed by atoms with van der Waals surface area (Å²) in [4.78, 5) is 32.0. The van der Waals surface area contributed by atoms with Gasteiger partial charge in [-0.05, 0) is 25.2 Å². The van der Waals surface area contributed by atoms with Crippen molar-refractivity contribution in [1.29, 1.82) is 0 Å². The monoisotopic (exact) mass is 440 g/mol. The van der Waals surface area contributed by atoms with Crippen LogP contribution in [-0.2, 0) is 19.1 Å². The molecule has 1 saturated heterocycles. The molecule has 1 amide bonds. The Hall–Kier alpha value is -2.14. The van der Waals surface area contributed by atoms with Gasteiger partial charge >= 0.3 is 18.1 Å². The Morgan fingerprint density at radius 2 is 1.83 bits per heavy atom. The second kappa shape index (κ2) is 12.5. The Morgan fingerprint density at radius 1 is 1.30 bits per heavy atom. The number of hydrogen-bond acceptors (Lipinski definition) is 5. The third kappa shape index (κ3) is 8.70. The summed E-state index contributed by atoms with van der Waals surface area (Å²) in [7, 11) is 1.64. The maximum absolute atomic E-state index is 11.7. The molecule has 4 N–H and O–H groups in total. The van der Waals surface area contributed by atoms with E-state index in [-0.39, 0.29) is 35.9 Å². The van der Waals surface area contributed by atoms with Gasteiger partial charge < -0.3 is 20.3 Å². The zero-order chi connectivity index (χ0) is 23.6. The Labute approximate surface area is 173 Å². The molecule has 11 heteroatoms. The number of aliphatic carboxylic acids is 2. The predicted octanol–water partition coefficient (Wildman–Crippen LogP) is 2.19. The minimum atomic E-state index is -5.08. The van der Waals surface area contributed by atoms with Crippen LogP contribution in [0.4, 0.5) is 13.2 Å². The molecular weight excluding hydrogens is 409 g/mol. The van der Waals surface area contributed by atoms with Gasteiger partial charge in [0.25, 0.3) is 0 Å². The number of carbonyl (C=O) groups is 3. The Bertz CT molecular complexity index is 612. The van der Waals surface area contributed by atoms with Crippen molar-refractivity contribution in [2.45, 2.75) is 70.9 Å². The lowest BCUT2D eigenvalue weighted by Crippen LogP contribution is -2.58. The van der Waals surface area contributed by atoms with Crippen LogP contribution in [0.1, 0.15) is 40.5 Å². The molecule has 0 radical (unpaired) electrons. The molecule has 0 aromatic rings. The molecule has 1 rings (SSSR count). The zero-order valence-corrected chi connectivity index (χ0v) is 17.7. The molecule has 174 valence electrons. The van der Waals surface area contributed by atoms with Crippen molar-refractivity contribution in [2.75, 3.05) is 7.11 Å². The number of carbonyl (C=O) groups excluding carboxylic acids is 1. The van der Waals surface area contributed by atoms with Gasteiger partial charge in [-0.25, -0.2) is 4.79 Å². The Kier molecular flexibility index (Phi) is 11.6. The van der Waals surface area contributed by atoms with Crippen LogP contribution in [-0.4, -0.2) is 65.6 Å².